The largest absolute Gasteiger partial charge is 0.486 e. The Kier molecular flexibility index (Phi) is 2.95. The molecule has 1 aliphatic rings. The number of rotatable bonds is 2. The van der Waals surface area contributed by atoms with Crippen molar-refractivity contribution < 1.29 is 18.3 Å². The van der Waals surface area contributed by atoms with Crippen molar-refractivity contribution in [2.75, 3.05) is 18.5 Å². The van der Waals surface area contributed by atoms with Crippen LogP contribution in [0.15, 0.2) is 36.4 Å². The summed E-state index contributed by atoms with van der Waals surface area (Å²) in [5.74, 6) is 0.0234. The molecule has 0 bridgehead atoms. The summed E-state index contributed by atoms with van der Waals surface area (Å²) >= 11 is 0. The Bertz CT molecular complexity index is 616. The van der Waals surface area contributed by atoms with E-state index in [0.29, 0.717) is 30.4 Å². The van der Waals surface area contributed by atoms with Crippen LogP contribution in [0.1, 0.15) is 0 Å². The first-order valence-electron chi connectivity index (χ1n) is 5.84. The van der Waals surface area contributed by atoms with Gasteiger partial charge in [0.15, 0.2) is 11.5 Å². The Morgan fingerprint density at radius 1 is 0.895 bits per heavy atom. The maximum atomic E-state index is 13.5. The zero-order chi connectivity index (χ0) is 13.2. The summed E-state index contributed by atoms with van der Waals surface area (Å²) in [6, 6.07) is 8.59. The Hall–Kier alpha value is -2.30. The summed E-state index contributed by atoms with van der Waals surface area (Å²) in [5.41, 5.74) is 0.854. The van der Waals surface area contributed by atoms with Gasteiger partial charge < -0.3 is 14.8 Å². The molecule has 0 saturated heterocycles. The molecule has 1 heterocycles. The molecule has 0 aromatic heterocycles. The predicted molar refractivity (Wildman–Crippen MR) is 67.1 cm³/mol. The van der Waals surface area contributed by atoms with Gasteiger partial charge in [-0.1, -0.05) is 0 Å². The zero-order valence-electron chi connectivity index (χ0n) is 9.95. The molecule has 0 unspecified atom stereocenters. The van der Waals surface area contributed by atoms with Crippen LogP contribution < -0.4 is 14.8 Å². The molecule has 0 spiro atoms. The maximum absolute atomic E-state index is 13.5. The van der Waals surface area contributed by atoms with Gasteiger partial charge in [0, 0.05) is 17.8 Å². The van der Waals surface area contributed by atoms with E-state index in [9.17, 15) is 8.78 Å². The lowest BCUT2D eigenvalue weighted by atomic mass is 10.2. The van der Waals surface area contributed by atoms with Crippen LogP contribution >= 0.6 is 0 Å². The summed E-state index contributed by atoms with van der Waals surface area (Å²) < 4.78 is 37.1. The molecule has 2 aromatic carbocycles. The Morgan fingerprint density at radius 3 is 2.47 bits per heavy atom. The average Bonchev–Trinajstić information content (AvgIpc) is 2.42. The van der Waals surface area contributed by atoms with Crippen molar-refractivity contribution in [3.8, 4) is 11.5 Å². The first-order valence-corrected chi connectivity index (χ1v) is 5.84. The quantitative estimate of drug-likeness (QED) is 0.899. The van der Waals surface area contributed by atoms with Gasteiger partial charge in [0.05, 0.1) is 5.69 Å². The standard InChI is InChI=1S/C14H11F2NO2/c15-9-1-3-12(11(16)7-9)17-10-2-4-13-14(8-10)19-6-5-18-13/h1-4,7-8,17H,5-6H2. The van der Waals surface area contributed by atoms with Crippen LogP contribution in [-0.2, 0) is 0 Å². The van der Waals surface area contributed by atoms with Gasteiger partial charge in [0.2, 0.25) is 0 Å². The second-order valence-electron chi connectivity index (χ2n) is 4.11. The number of halogens is 2. The van der Waals surface area contributed by atoms with Gasteiger partial charge in [0.25, 0.3) is 0 Å². The fourth-order valence-corrected chi connectivity index (χ4v) is 1.87. The molecule has 19 heavy (non-hydrogen) atoms. The lowest BCUT2D eigenvalue weighted by Crippen LogP contribution is -2.15. The van der Waals surface area contributed by atoms with E-state index in [1.807, 2.05) is 0 Å². The van der Waals surface area contributed by atoms with Gasteiger partial charge in [0.1, 0.15) is 24.8 Å². The van der Waals surface area contributed by atoms with E-state index < -0.39 is 11.6 Å². The van der Waals surface area contributed by atoms with Crippen molar-refractivity contribution in [2.24, 2.45) is 0 Å². The minimum absolute atomic E-state index is 0.207. The molecule has 0 radical (unpaired) electrons. The fraction of sp³-hybridized carbons (Fsp3) is 0.143. The highest BCUT2D eigenvalue weighted by atomic mass is 19.1. The zero-order valence-corrected chi connectivity index (χ0v) is 9.95. The monoisotopic (exact) mass is 263 g/mol. The van der Waals surface area contributed by atoms with E-state index in [4.69, 9.17) is 9.47 Å². The van der Waals surface area contributed by atoms with E-state index >= 15 is 0 Å². The lowest BCUT2D eigenvalue weighted by molar-refractivity contribution is 0.171. The summed E-state index contributed by atoms with van der Waals surface area (Å²) in [4.78, 5) is 0. The second kappa shape index (κ2) is 4.76. The highest BCUT2D eigenvalue weighted by Gasteiger charge is 2.12. The number of benzene rings is 2. The molecule has 0 amide bonds. The molecule has 5 heteroatoms. The predicted octanol–water partition coefficient (Wildman–Crippen LogP) is 3.48. The van der Waals surface area contributed by atoms with Gasteiger partial charge >= 0.3 is 0 Å². The van der Waals surface area contributed by atoms with E-state index in [-0.39, 0.29) is 5.69 Å². The molecule has 1 aliphatic heterocycles. The van der Waals surface area contributed by atoms with Crippen molar-refractivity contribution in [3.05, 3.63) is 48.0 Å². The Balaban J connectivity index is 1.87. The van der Waals surface area contributed by atoms with Crippen LogP contribution in [0.25, 0.3) is 0 Å². The SMILES string of the molecule is Fc1ccc(Nc2ccc3c(c2)OCCO3)c(F)c1. The highest BCUT2D eigenvalue weighted by Crippen LogP contribution is 2.33. The molecule has 98 valence electrons. The van der Waals surface area contributed by atoms with Crippen molar-refractivity contribution >= 4 is 11.4 Å². The number of ether oxygens (including phenoxy) is 2. The van der Waals surface area contributed by atoms with Gasteiger partial charge in [-0.2, -0.15) is 0 Å². The van der Waals surface area contributed by atoms with Crippen LogP contribution in [0.2, 0.25) is 0 Å². The first kappa shape index (κ1) is 11.8. The van der Waals surface area contributed by atoms with Crippen molar-refractivity contribution in [3.63, 3.8) is 0 Å². The molecular weight excluding hydrogens is 252 g/mol. The minimum atomic E-state index is -0.644. The summed E-state index contributed by atoms with van der Waals surface area (Å²) in [7, 11) is 0. The van der Waals surface area contributed by atoms with Crippen LogP contribution in [0.3, 0.4) is 0 Å². The second-order valence-corrected chi connectivity index (χ2v) is 4.11. The normalized spacial score (nSPS) is 13.2. The number of anilines is 2. The molecule has 0 aliphatic carbocycles. The van der Waals surface area contributed by atoms with Gasteiger partial charge in [-0.25, -0.2) is 8.78 Å². The van der Waals surface area contributed by atoms with E-state index in [0.717, 1.165) is 6.07 Å². The smallest absolute Gasteiger partial charge is 0.163 e. The topological polar surface area (TPSA) is 30.5 Å². The van der Waals surface area contributed by atoms with Crippen LogP contribution in [0.5, 0.6) is 11.5 Å². The fourth-order valence-electron chi connectivity index (χ4n) is 1.87. The van der Waals surface area contributed by atoms with Gasteiger partial charge in [-0.05, 0) is 24.3 Å². The van der Waals surface area contributed by atoms with Gasteiger partial charge in [-0.3, -0.25) is 0 Å². The first-order chi connectivity index (χ1) is 9.22. The third kappa shape index (κ3) is 2.45. The number of fused-ring (bicyclic) bond motifs is 1. The average molecular weight is 263 g/mol. The van der Waals surface area contributed by atoms with E-state index in [1.54, 1.807) is 18.2 Å². The molecular formula is C14H11F2NO2. The van der Waals surface area contributed by atoms with Crippen molar-refractivity contribution in [2.45, 2.75) is 0 Å². The number of hydrogen-bond acceptors (Lipinski definition) is 3. The molecule has 3 rings (SSSR count). The van der Waals surface area contributed by atoms with Crippen molar-refractivity contribution in [1.82, 2.24) is 0 Å². The molecule has 3 nitrogen and oxygen atoms in total. The van der Waals surface area contributed by atoms with Crippen molar-refractivity contribution in [1.29, 1.82) is 0 Å². The van der Waals surface area contributed by atoms with Crippen LogP contribution in [0.4, 0.5) is 20.2 Å². The molecule has 0 fully saturated rings. The summed E-state index contributed by atoms with van der Waals surface area (Å²) in [6.45, 7) is 1.01. The minimum Gasteiger partial charge on any atom is -0.486 e. The molecule has 0 saturated carbocycles. The third-order valence-electron chi connectivity index (χ3n) is 2.75. The Morgan fingerprint density at radius 2 is 1.68 bits per heavy atom. The maximum Gasteiger partial charge on any atom is 0.163 e. The summed E-state index contributed by atoms with van der Waals surface area (Å²) in [5, 5.41) is 2.87. The van der Waals surface area contributed by atoms with E-state index in [1.165, 1.54) is 12.1 Å². The molecule has 0 atom stereocenters. The molecule has 1 N–H and O–H groups in total. The molecule has 2 aromatic rings. The number of nitrogens with one attached hydrogen (secondary N) is 1. The van der Waals surface area contributed by atoms with Crippen LogP contribution in [-0.4, -0.2) is 13.2 Å². The Labute approximate surface area is 108 Å². The lowest BCUT2D eigenvalue weighted by Gasteiger charge is -2.19. The van der Waals surface area contributed by atoms with E-state index in [2.05, 4.69) is 5.32 Å². The van der Waals surface area contributed by atoms with Gasteiger partial charge in [-0.15, -0.1) is 0 Å². The third-order valence-corrected chi connectivity index (χ3v) is 2.75. The van der Waals surface area contributed by atoms with Crippen LogP contribution in [0, 0.1) is 11.6 Å². The number of hydrogen-bond donors (Lipinski definition) is 1. The highest BCUT2D eigenvalue weighted by molar-refractivity contribution is 5.64. The summed E-state index contributed by atoms with van der Waals surface area (Å²) in [6.07, 6.45) is 0.